The van der Waals surface area contributed by atoms with Gasteiger partial charge >= 0.3 is 5.97 Å². The second kappa shape index (κ2) is 4.40. The molecule has 0 spiro atoms. The Morgan fingerprint density at radius 3 is 2.68 bits per heavy atom. The molecule has 3 N–H and O–H groups in total. The van der Waals surface area contributed by atoms with Crippen molar-refractivity contribution in [2.24, 2.45) is 0 Å². The van der Waals surface area contributed by atoms with Crippen molar-refractivity contribution in [1.82, 2.24) is 0 Å². The standard InChI is InChI=1S/C13H16O6/c1-6-8(18-3)4-7(15)10-11(6)13(2,9(16)5-14)19-12(10)17/h4,9,14-16H,5H2,1-3H3/t9-,13-/m0/s1. The number of aliphatic hydroxyl groups excluding tert-OH is 2. The molecule has 6 nitrogen and oxygen atoms in total. The molecule has 0 saturated carbocycles. The summed E-state index contributed by atoms with van der Waals surface area (Å²) in [6.07, 6.45) is -1.29. The average molecular weight is 268 g/mol. The average Bonchev–Trinajstić information content (AvgIpc) is 2.66. The summed E-state index contributed by atoms with van der Waals surface area (Å²) < 4.78 is 10.3. The number of hydrogen-bond acceptors (Lipinski definition) is 6. The number of rotatable bonds is 3. The molecule has 104 valence electrons. The van der Waals surface area contributed by atoms with Gasteiger partial charge < -0.3 is 24.8 Å². The summed E-state index contributed by atoms with van der Waals surface area (Å²) in [5.74, 6) is -0.615. The van der Waals surface area contributed by atoms with Crippen LogP contribution in [0.4, 0.5) is 0 Å². The third kappa shape index (κ3) is 1.75. The molecule has 19 heavy (non-hydrogen) atoms. The lowest BCUT2D eigenvalue weighted by molar-refractivity contribution is -0.0907. The van der Waals surface area contributed by atoms with Crippen LogP contribution in [0.15, 0.2) is 6.07 Å². The van der Waals surface area contributed by atoms with E-state index in [2.05, 4.69) is 0 Å². The number of cyclic esters (lactones) is 1. The number of hydrogen-bond donors (Lipinski definition) is 3. The van der Waals surface area contributed by atoms with Crippen LogP contribution in [-0.2, 0) is 10.3 Å². The molecule has 1 aromatic rings. The predicted molar refractivity (Wildman–Crippen MR) is 65.3 cm³/mol. The molecule has 2 atom stereocenters. The molecular weight excluding hydrogens is 252 g/mol. The van der Waals surface area contributed by atoms with Gasteiger partial charge in [0.2, 0.25) is 0 Å². The first-order valence-corrected chi connectivity index (χ1v) is 5.80. The first-order chi connectivity index (χ1) is 8.86. The minimum Gasteiger partial charge on any atom is -0.507 e. The van der Waals surface area contributed by atoms with Crippen molar-refractivity contribution in [2.45, 2.75) is 25.6 Å². The zero-order valence-electron chi connectivity index (χ0n) is 10.9. The van der Waals surface area contributed by atoms with E-state index >= 15 is 0 Å². The van der Waals surface area contributed by atoms with Crippen LogP contribution in [0.3, 0.4) is 0 Å². The number of aliphatic hydroxyl groups is 2. The molecule has 0 bridgehead atoms. The molecule has 0 aliphatic carbocycles. The molecule has 1 aliphatic heterocycles. The quantitative estimate of drug-likeness (QED) is 0.689. The second-order valence-corrected chi connectivity index (χ2v) is 4.67. The summed E-state index contributed by atoms with van der Waals surface area (Å²) in [6, 6.07) is 1.33. The van der Waals surface area contributed by atoms with Gasteiger partial charge in [0.15, 0.2) is 5.60 Å². The van der Waals surface area contributed by atoms with Gasteiger partial charge in [-0.05, 0) is 19.4 Å². The maximum atomic E-state index is 11.9. The lowest BCUT2D eigenvalue weighted by Crippen LogP contribution is -2.39. The number of phenolic OH excluding ortho intramolecular Hbond substituents is 1. The molecule has 1 heterocycles. The van der Waals surface area contributed by atoms with Crippen LogP contribution in [0.25, 0.3) is 0 Å². The molecule has 0 saturated heterocycles. The minimum atomic E-state index is -1.41. The van der Waals surface area contributed by atoms with Crippen molar-refractivity contribution < 1.29 is 29.6 Å². The van der Waals surface area contributed by atoms with Crippen molar-refractivity contribution >= 4 is 5.97 Å². The molecule has 1 aromatic carbocycles. The number of benzene rings is 1. The number of phenols is 1. The van der Waals surface area contributed by atoms with Crippen LogP contribution in [0.2, 0.25) is 0 Å². The highest BCUT2D eigenvalue weighted by atomic mass is 16.6. The molecule has 0 unspecified atom stereocenters. The van der Waals surface area contributed by atoms with Crippen LogP contribution in [0, 0.1) is 6.92 Å². The van der Waals surface area contributed by atoms with Crippen LogP contribution in [0.5, 0.6) is 11.5 Å². The van der Waals surface area contributed by atoms with Crippen molar-refractivity contribution in [3.05, 3.63) is 22.8 Å². The summed E-state index contributed by atoms with van der Waals surface area (Å²) in [5.41, 5.74) is -0.475. The van der Waals surface area contributed by atoms with Gasteiger partial charge in [0, 0.05) is 11.6 Å². The Morgan fingerprint density at radius 1 is 1.53 bits per heavy atom. The van der Waals surface area contributed by atoms with Crippen molar-refractivity contribution in [3.63, 3.8) is 0 Å². The number of carbonyl (C=O) groups excluding carboxylic acids is 1. The van der Waals surface area contributed by atoms with E-state index in [9.17, 15) is 15.0 Å². The fourth-order valence-electron chi connectivity index (χ4n) is 2.49. The lowest BCUT2D eigenvalue weighted by atomic mass is 9.85. The molecular formula is C13H16O6. The topological polar surface area (TPSA) is 96.2 Å². The van der Waals surface area contributed by atoms with Gasteiger partial charge in [0.1, 0.15) is 23.2 Å². The van der Waals surface area contributed by atoms with Gasteiger partial charge in [-0.25, -0.2) is 4.79 Å². The smallest absolute Gasteiger partial charge is 0.343 e. The van der Waals surface area contributed by atoms with Gasteiger partial charge in [-0.3, -0.25) is 0 Å². The van der Waals surface area contributed by atoms with E-state index in [0.29, 0.717) is 16.9 Å². The Hall–Kier alpha value is -1.79. The summed E-state index contributed by atoms with van der Waals surface area (Å²) in [6.45, 7) is 2.62. The molecule has 6 heteroatoms. The lowest BCUT2D eigenvalue weighted by Gasteiger charge is -2.29. The van der Waals surface area contributed by atoms with E-state index in [4.69, 9.17) is 14.6 Å². The van der Waals surface area contributed by atoms with E-state index in [0.717, 1.165) is 0 Å². The van der Waals surface area contributed by atoms with E-state index < -0.39 is 24.3 Å². The Labute approximate surface area is 110 Å². The Morgan fingerprint density at radius 2 is 2.16 bits per heavy atom. The fraction of sp³-hybridized carbons (Fsp3) is 0.462. The fourth-order valence-corrected chi connectivity index (χ4v) is 2.49. The number of aromatic hydroxyl groups is 1. The van der Waals surface area contributed by atoms with Gasteiger partial charge in [-0.15, -0.1) is 0 Å². The number of methoxy groups -OCH3 is 1. The van der Waals surface area contributed by atoms with Gasteiger partial charge in [-0.1, -0.05) is 0 Å². The third-order valence-electron chi connectivity index (χ3n) is 3.55. The number of fused-ring (bicyclic) bond motifs is 1. The molecule has 0 fully saturated rings. The Bertz CT molecular complexity index is 538. The minimum absolute atomic E-state index is 0.00769. The predicted octanol–water partition coefficient (Wildman–Crippen LogP) is 0.448. The van der Waals surface area contributed by atoms with E-state index in [-0.39, 0.29) is 11.3 Å². The normalized spacial score (nSPS) is 22.9. The SMILES string of the molecule is COc1cc(O)c2c(c1C)[C@](C)([C@@H](O)CO)OC2=O. The molecule has 1 aliphatic rings. The highest BCUT2D eigenvalue weighted by Gasteiger charge is 2.50. The van der Waals surface area contributed by atoms with Crippen molar-refractivity contribution in [1.29, 1.82) is 0 Å². The Kier molecular flexibility index (Phi) is 3.15. The van der Waals surface area contributed by atoms with E-state index in [1.54, 1.807) is 6.92 Å². The zero-order chi connectivity index (χ0) is 14.4. The van der Waals surface area contributed by atoms with Crippen molar-refractivity contribution in [2.75, 3.05) is 13.7 Å². The summed E-state index contributed by atoms with van der Waals surface area (Å²) >= 11 is 0. The van der Waals surface area contributed by atoms with Gasteiger partial charge in [0.05, 0.1) is 13.7 Å². The van der Waals surface area contributed by atoms with E-state index in [1.165, 1.54) is 20.1 Å². The number of carbonyl (C=O) groups is 1. The second-order valence-electron chi connectivity index (χ2n) is 4.67. The highest BCUT2D eigenvalue weighted by molar-refractivity contribution is 5.98. The molecule has 2 rings (SSSR count). The van der Waals surface area contributed by atoms with Gasteiger partial charge in [-0.2, -0.15) is 0 Å². The summed E-state index contributed by atoms with van der Waals surface area (Å²) in [7, 11) is 1.44. The first-order valence-electron chi connectivity index (χ1n) is 5.80. The van der Waals surface area contributed by atoms with Crippen molar-refractivity contribution in [3.8, 4) is 11.5 Å². The monoisotopic (exact) mass is 268 g/mol. The highest BCUT2D eigenvalue weighted by Crippen LogP contribution is 2.47. The molecule has 0 aromatic heterocycles. The largest absolute Gasteiger partial charge is 0.507 e. The number of esters is 1. The van der Waals surface area contributed by atoms with Crippen LogP contribution in [0.1, 0.15) is 28.4 Å². The maximum Gasteiger partial charge on any atom is 0.343 e. The van der Waals surface area contributed by atoms with Crippen LogP contribution < -0.4 is 4.74 Å². The van der Waals surface area contributed by atoms with E-state index in [1.807, 2.05) is 0 Å². The first kappa shape index (κ1) is 13.6. The number of ether oxygens (including phenoxy) is 2. The summed E-state index contributed by atoms with van der Waals surface area (Å²) in [5, 5.41) is 28.9. The Balaban J connectivity index is 2.75. The van der Waals surface area contributed by atoms with Crippen LogP contribution >= 0.6 is 0 Å². The van der Waals surface area contributed by atoms with Crippen LogP contribution in [-0.4, -0.2) is 41.1 Å². The van der Waals surface area contributed by atoms with Gasteiger partial charge in [0.25, 0.3) is 0 Å². The maximum absolute atomic E-state index is 11.9. The molecule has 0 amide bonds. The summed E-state index contributed by atoms with van der Waals surface area (Å²) in [4.78, 5) is 11.9. The third-order valence-corrected chi connectivity index (χ3v) is 3.55. The molecule has 0 radical (unpaired) electrons. The zero-order valence-corrected chi connectivity index (χ0v) is 10.9.